The summed E-state index contributed by atoms with van der Waals surface area (Å²) in [6, 6.07) is 0. The predicted octanol–water partition coefficient (Wildman–Crippen LogP) is -0.989. The van der Waals surface area contributed by atoms with Crippen LogP contribution in [0.4, 0.5) is 0 Å². The minimum Gasteiger partial charge on any atom is -0.461 e. The number of ether oxygens (including phenoxy) is 1. The van der Waals surface area contributed by atoms with Gasteiger partial charge in [0.05, 0.1) is 11.9 Å². The van der Waals surface area contributed by atoms with Crippen molar-refractivity contribution in [3.63, 3.8) is 0 Å². The second kappa shape index (κ2) is 5.74. The minimum atomic E-state index is -1.66. The van der Waals surface area contributed by atoms with Crippen LogP contribution < -0.4 is 5.73 Å². The van der Waals surface area contributed by atoms with Crippen LogP contribution in [0.25, 0.3) is 0 Å². The third-order valence-corrected chi connectivity index (χ3v) is 3.61. The van der Waals surface area contributed by atoms with E-state index in [-0.39, 0.29) is 11.9 Å². The summed E-state index contributed by atoms with van der Waals surface area (Å²) in [6.07, 6.45) is 0.149. The lowest BCUT2D eigenvalue weighted by Crippen LogP contribution is -2.49. The van der Waals surface area contributed by atoms with Gasteiger partial charge in [-0.15, -0.1) is 0 Å². The summed E-state index contributed by atoms with van der Waals surface area (Å²) < 4.78 is 5.06. The third-order valence-electron chi connectivity index (χ3n) is 2.45. The van der Waals surface area contributed by atoms with E-state index in [0.717, 1.165) is 17.9 Å². The van der Waals surface area contributed by atoms with Crippen LogP contribution >= 0.6 is 11.8 Å². The van der Waals surface area contributed by atoms with Gasteiger partial charge in [0, 0.05) is 5.75 Å². The normalized spacial score (nSPS) is 24.7. The first kappa shape index (κ1) is 12.8. The summed E-state index contributed by atoms with van der Waals surface area (Å²) in [4.78, 5) is 11.5. The molecular formula is C8H16BNO4S. The highest BCUT2D eigenvalue weighted by Crippen LogP contribution is 2.24. The highest BCUT2D eigenvalue weighted by molar-refractivity contribution is 7.99. The fraction of sp³-hybridized carbons (Fsp3) is 0.875. The maximum absolute atomic E-state index is 11.5. The molecule has 15 heavy (non-hydrogen) atoms. The van der Waals surface area contributed by atoms with Gasteiger partial charge in [-0.2, -0.15) is 11.8 Å². The van der Waals surface area contributed by atoms with E-state index in [1.54, 1.807) is 18.7 Å². The van der Waals surface area contributed by atoms with E-state index in [1.807, 2.05) is 0 Å². The Morgan fingerprint density at radius 2 is 2.33 bits per heavy atom. The molecule has 0 radical (unpaired) electrons. The molecule has 1 fully saturated rings. The fourth-order valence-electron chi connectivity index (χ4n) is 1.32. The Balaban J connectivity index is 2.36. The summed E-state index contributed by atoms with van der Waals surface area (Å²) in [5.41, 5.74) is 5.42. The number of carbonyl (C=O) groups is 1. The Bertz CT molecular complexity index is 223. The summed E-state index contributed by atoms with van der Waals surface area (Å²) in [7, 11) is -1.66. The van der Waals surface area contributed by atoms with E-state index in [0.29, 0.717) is 0 Å². The van der Waals surface area contributed by atoms with Crippen molar-refractivity contribution in [2.24, 2.45) is 11.7 Å². The third kappa shape index (κ3) is 3.68. The van der Waals surface area contributed by atoms with Crippen LogP contribution in [0.15, 0.2) is 0 Å². The maximum Gasteiger partial charge on any atom is 0.473 e. The number of hydrogen-bond acceptors (Lipinski definition) is 6. The summed E-state index contributed by atoms with van der Waals surface area (Å²) in [6.45, 7) is 1.56. The van der Waals surface area contributed by atoms with Crippen molar-refractivity contribution in [2.45, 2.75) is 25.4 Å². The van der Waals surface area contributed by atoms with E-state index in [4.69, 9.17) is 20.5 Å². The molecule has 86 valence electrons. The van der Waals surface area contributed by atoms with Crippen LogP contribution in [0.3, 0.4) is 0 Å². The molecule has 5 nitrogen and oxygen atoms in total. The second-order valence-corrected chi connectivity index (χ2v) is 4.84. The topological polar surface area (TPSA) is 92.8 Å². The molecule has 0 saturated carbocycles. The predicted molar refractivity (Wildman–Crippen MR) is 59.2 cm³/mol. The number of thioether (sulfide) groups is 1. The smallest absolute Gasteiger partial charge is 0.461 e. The van der Waals surface area contributed by atoms with Gasteiger partial charge < -0.3 is 20.5 Å². The van der Waals surface area contributed by atoms with Gasteiger partial charge in [0.25, 0.3) is 0 Å². The molecule has 0 aromatic carbocycles. The minimum absolute atomic E-state index is 0.0690. The first-order valence-corrected chi connectivity index (χ1v) is 6.07. The van der Waals surface area contributed by atoms with Crippen molar-refractivity contribution in [3.05, 3.63) is 0 Å². The summed E-state index contributed by atoms with van der Waals surface area (Å²) in [5, 5.41) is 17.6. The molecule has 0 aromatic rings. The molecule has 1 saturated heterocycles. The Labute approximate surface area is 93.5 Å². The molecule has 1 rings (SSSR count). The molecule has 0 aliphatic carbocycles. The average Bonchev–Trinajstić information content (AvgIpc) is 2.68. The highest BCUT2D eigenvalue weighted by Gasteiger charge is 2.31. The van der Waals surface area contributed by atoms with E-state index in [2.05, 4.69) is 0 Å². The van der Waals surface area contributed by atoms with E-state index >= 15 is 0 Å². The molecule has 3 unspecified atom stereocenters. The number of carbonyl (C=O) groups excluding carboxylic acids is 1. The first-order chi connectivity index (χ1) is 7.02. The first-order valence-electron chi connectivity index (χ1n) is 4.92. The maximum atomic E-state index is 11.5. The second-order valence-electron chi connectivity index (χ2n) is 3.69. The Kier molecular flexibility index (Phi) is 4.91. The van der Waals surface area contributed by atoms with E-state index < -0.39 is 19.2 Å². The zero-order valence-electron chi connectivity index (χ0n) is 8.63. The fourth-order valence-corrected chi connectivity index (χ4v) is 2.53. The van der Waals surface area contributed by atoms with Crippen LogP contribution in [0.2, 0.25) is 0 Å². The van der Waals surface area contributed by atoms with Crippen molar-refractivity contribution < 1.29 is 19.6 Å². The van der Waals surface area contributed by atoms with Crippen molar-refractivity contribution in [2.75, 3.05) is 11.5 Å². The highest BCUT2D eigenvalue weighted by atomic mass is 32.2. The van der Waals surface area contributed by atoms with Gasteiger partial charge in [-0.1, -0.05) is 0 Å². The molecule has 0 amide bonds. The molecule has 1 aliphatic heterocycles. The standard InChI is InChI=1S/C8H16BNO4S/c1-5(7(10)9(12)13)14-8(11)6-2-3-15-4-6/h5-7,12-13H,2-4,10H2,1H3. The molecule has 4 N–H and O–H groups in total. The van der Waals surface area contributed by atoms with Gasteiger partial charge >= 0.3 is 13.1 Å². The lowest BCUT2D eigenvalue weighted by atomic mass is 9.77. The zero-order valence-corrected chi connectivity index (χ0v) is 9.44. The lowest BCUT2D eigenvalue weighted by molar-refractivity contribution is -0.152. The summed E-state index contributed by atoms with van der Waals surface area (Å²) >= 11 is 1.72. The molecule has 3 atom stereocenters. The van der Waals surface area contributed by atoms with Gasteiger partial charge in [0.15, 0.2) is 0 Å². The molecule has 7 heteroatoms. The van der Waals surface area contributed by atoms with Gasteiger partial charge in [-0.3, -0.25) is 4.79 Å². The van der Waals surface area contributed by atoms with Crippen molar-refractivity contribution in [1.29, 1.82) is 0 Å². The van der Waals surface area contributed by atoms with E-state index in [9.17, 15) is 4.79 Å². The molecule has 1 aliphatic rings. The molecule has 0 bridgehead atoms. The lowest BCUT2D eigenvalue weighted by Gasteiger charge is -2.20. The Hall–Kier alpha value is -0.235. The van der Waals surface area contributed by atoms with Crippen molar-refractivity contribution in [1.82, 2.24) is 0 Å². The van der Waals surface area contributed by atoms with Crippen molar-refractivity contribution in [3.8, 4) is 0 Å². The van der Waals surface area contributed by atoms with Crippen LogP contribution in [-0.2, 0) is 9.53 Å². The van der Waals surface area contributed by atoms with Gasteiger partial charge in [0.1, 0.15) is 6.10 Å². The van der Waals surface area contributed by atoms with Gasteiger partial charge in [-0.25, -0.2) is 0 Å². The van der Waals surface area contributed by atoms with Crippen LogP contribution in [0, 0.1) is 5.92 Å². The molecule has 1 heterocycles. The van der Waals surface area contributed by atoms with Crippen LogP contribution in [-0.4, -0.2) is 46.7 Å². The van der Waals surface area contributed by atoms with E-state index in [1.165, 1.54) is 0 Å². The largest absolute Gasteiger partial charge is 0.473 e. The average molecular weight is 233 g/mol. The Morgan fingerprint density at radius 1 is 1.67 bits per heavy atom. The quantitative estimate of drug-likeness (QED) is 0.426. The van der Waals surface area contributed by atoms with Crippen molar-refractivity contribution >= 4 is 24.8 Å². The molecular weight excluding hydrogens is 217 g/mol. The number of hydrogen-bond donors (Lipinski definition) is 3. The SMILES string of the molecule is CC(OC(=O)C1CCSC1)C(N)B(O)O. The van der Waals surface area contributed by atoms with Crippen LogP contribution in [0.1, 0.15) is 13.3 Å². The number of nitrogens with two attached hydrogens (primary N) is 1. The zero-order chi connectivity index (χ0) is 11.4. The monoisotopic (exact) mass is 233 g/mol. The van der Waals surface area contributed by atoms with Gasteiger partial charge in [-0.05, 0) is 19.1 Å². The Morgan fingerprint density at radius 3 is 2.80 bits per heavy atom. The number of rotatable bonds is 4. The number of esters is 1. The van der Waals surface area contributed by atoms with Crippen LogP contribution in [0.5, 0.6) is 0 Å². The van der Waals surface area contributed by atoms with Gasteiger partial charge in [0.2, 0.25) is 0 Å². The summed E-state index contributed by atoms with van der Waals surface area (Å²) in [5.74, 6) is 0.442. The molecule has 0 spiro atoms. The molecule has 0 aromatic heterocycles.